The number of aliphatic hydroxyl groups is 1. The maximum Gasteiger partial charge on any atom is 0.238 e. The Morgan fingerprint density at radius 1 is 1.33 bits per heavy atom. The van der Waals surface area contributed by atoms with Crippen molar-refractivity contribution in [3.8, 4) is 0 Å². The summed E-state index contributed by atoms with van der Waals surface area (Å²) in [5.74, 6) is 0. The van der Waals surface area contributed by atoms with Crippen LogP contribution in [0.5, 0.6) is 0 Å². The lowest BCUT2D eigenvalue weighted by Gasteiger charge is -2.37. The molecule has 0 aliphatic heterocycles. The minimum Gasteiger partial charge on any atom is -0.382 e. The highest BCUT2D eigenvalue weighted by Crippen LogP contribution is 2.33. The van der Waals surface area contributed by atoms with Crippen molar-refractivity contribution in [1.29, 1.82) is 0 Å². The van der Waals surface area contributed by atoms with Crippen LogP contribution in [0.4, 0.5) is 0 Å². The molecular weight excluding hydrogens is 158 g/mol. The molecule has 0 aromatic heterocycles. The third kappa shape index (κ3) is 1.94. The molecule has 0 radical (unpaired) electrons. The summed E-state index contributed by atoms with van der Waals surface area (Å²) in [7, 11) is 0. The van der Waals surface area contributed by atoms with Gasteiger partial charge in [-0.25, -0.2) is 0 Å². The summed E-state index contributed by atoms with van der Waals surface area (Å²) >= 11 is 0. The SMILES string of the molecule is CC([N+](=O)[O-])C(C)(O)C(C)(C)C. The predicted octanol–water partition coefficient (Wildman–Crippen LogP) is 1.45. The molecule has 12 heavy (non-hydrogen) atoms. The van der Waals surface area contributed by atoms with Crippen molar-refractivity contribution >= 4 is 0 Å². The van der Waals surface area contributed by atoms with E-state index in [4.69, 9.17) is 0 Å². The van der Waals surface area contributed by atoms with E-state index in [1.165, 1.54) is 13.8 Å². The minimum atomic E-state index is -1.28. The first kappa shape index (κ1) is 11.4. The van der Waals surface area contributed by atoms with Crippen LogP contribution < -0.4 is 0 Å². The lowest BCUT2D eigenvalue weighted by atomic mass is 9.74. The molecule has 1 N–H and O–H groups in total. The van der Waals surface area contributed by atoms with E-state index in [-0.39, 0.29) is 0 Å². The van der Waals surface area contributed by atoms with Gasteiger partial charge in [-0.15, -0.1) is 0 Å². The van der Waals surface area contributed by atoms with Gasteiger partial charge in [0.05, 0.1) is 0 Å². The van der Waals surface area contributed by atoms with Crippen LogP contribution in [-0.2, 0) is 0 Å². The van der Waals surface area contributed by atoms with E-state index in [9.17, 15) is 15.2 Å². The van der Waals surface area contributed by atoms with Crippen LogP contribution in [0.1, 0.15) is 34.6 Å². The Kier molecular flexibility index (Phi) is 2.85. The lowest BCUT2D eigenvalue weighted by molar-refractivity contribution is -0.545. The average Bonchev–Trinajstić information content (AvgIpc) is 1.83. The fourth-order valence-corrected chi connectivity index (χ4v) is 0.832. The molecule has 0 aliphatic carbocycles. The quantitative estimate of drug-likeness (QED) is 0.510. The third-order valence-electron chi connectivity index (χ3n) is 2.65. The Morgan fingerprint density at radius 2 is 1.67 bits per heavy atom. The van der Waals surface area contributed by atoms with E-state index >= 15 is 0 Å². The maximum absolute atomic E-state index is 10.4. The summed E-state index contributed by atoms with van der Waals surface area (Å²) in [6.45, 7) is 8.28. The molecule has 0 saturated heterocycles. The van der Waals surface area contributed by atoms with Gasteiger partial charge in [-0.1, -0.05) is 20.8 Å². The van der Waals surface area contributed by atoms with E-state index in [2.05, 4.69) is 0 Å². The topological polar surface area (TPSA) is 63.4 Å². The molecule has 2 atom stereocenters. The molecule has 4 nitrogen and oxygen atoms in total. The molecule has 0 aromatic rings. The number of hydrogen-bond acceptors (Lipinski definition) is 3. The zero-order chi connectivity index (χ0) is 10.2. The molecule has 0 rings (SSSR count). The fourth-order valence-electron chi connectivity index (χ4n) is 0.832. The second kappa shape index (κ2) is 3.01. The van der Waals surface area contributed by atoms with E-state index in [1.54, 1.807) is 20.8 Å². The van der Waals surface area contributed by atoms with Gasteiger partial charge in [0, 0.05) is 11.8 Å². The van der Waals surface area contributed by atoms with Crippen LogP contribution in [0.3, 0.4) is 0 Å². The van der Waals surface area contributed by atoms with Gasteiger partial charge < -0.3 is 5.11 Å². The zero-order valence-corrected chi connectivity index (χ0v) is 8.29. The van der Waals surface area contributed by atoms with Crippen molar-refractivity contribution in [2.75, 3.05) is 0 Å². The summed E-state index contributed by atoms with van der Waals surface area (Å²) in [4.78, 5) is 9.99. The molecule has 4 heteroatoms. The zero-order valence-electron chi connectivity index (χ0n) is 8.29. The lowest BCUT2D eigenvalue weighted by Crippen LogP contribution is -2.51. The van der Waals surface area contributed by atoms with Gasteiger partial charge >= 0.3 is 0 Å². The summed E-state index contributed by atoms with van der Waals surface area (Å²) in [6.07, 6.45) is 0. The van der Waals surface area contributed by atoms with E-state index < -0.39 is 22.0 Å². The van der Waals surface area contributed by atoms with Gasteiger partial charge in [0.15, 0.2) is 0 Å². The molecule has 0 saturated carbocycles. The van der Waals surface area contributed by atoms with Crippen molar-refractivity contribution in [2.24, 2.45) is 5.41 Å². The average molecular weight is 175 g/mol. The smallest absolute Gasteiger partial charge is 0.238 e. The van der Waals surface area contributed by atoms with Crippen LogP contribution in [0, 0.1) is 15.5 Å². The van der Waals surface area contributed by atoms with Crippen LogP contribution in [0.15, 0.2) is 0 Å². The number of hydrogen-bond donors (Lipinski definition) is 1. The number of rotatable bonds is 2. The van der Waals surface area contributed by atoms with Crippen LogP contribution in [0.25, 0.3) is 0 Å². The molecule has 2 unspecified atom stereocenters. The van der Waals surface area contributed by atoms with Crippen LogP contribution >= 0.6 is 0 Å². The minimum absolute atomic E-state index is 0.453. The van der Waals surface area contributed by atoms with E-state index in [0.29, 0.717) is 0 Å². The first-order valence-electron chi connectivity index (χ1n) is 3.96. The van der Waals surface area contributed by atoms with Gasteiger partial charge in [-0.05, 0) is 12.3 Å². The molecular formula is C8H17NO3. The molecule has 0 fully saturated rings. The highest BCUT2D eigenvalue weighted by Gasteiger charge is 2.46. The summed E-state index contributed by atoms with van der Waals surface area (Å²) in [5, 5.41) is 20.3. The molecule has 0 aliphatic rings. The Balaban J connectivity index is 4.73. The van der Waals surface area contributed by atoms with Crippen molar-refractivity contribution in [3.05, 3.63) is 10.1 Å². The third-order valence-corrected chi connectivity index (χ3v) is 2.65. The second-order valence-electron chi connectivity index (χ2n) is 4.36. The van der Waals surface area contributed by atoms with Gasteiger partial charge in [0.2, 0.25) is 6.04 Å². The molecule has 0 aromatic carbocycles. The standard InChI is InChI=1S/C8H17NO3/c1-6(9(11)12)8(5,10)7(2,3)4/h6,10H,1-5H3. The summed E-state index contributed by atoms with van der Waals surface area (Å²) < 4.78 is 0. The number of nitro groups is 1. The van der Waals surface area contributed by atoms with E-state index in [1.807, 2.05) is 0 Å². The van der Waals surface area contributed by atoms with E-state index in [0.717, 1.165) is 0 Å². The molecule has 0 bridgehead atoms. The van der Waals surface area contributed by atoms with Crippen molar-refractivity contribution in [2.45, 2.75) is 46.3 Å². The Hall–Kier alpha value is -0.640. The molecule has 0 spiro atoms. The second-order valence-corrected chi connectivity index (χ2v) is 4.36. The van der Waals surface area contributed by atoms with Crippen LogP contribution in [0.2, 0.25) is 0 Å². The highest BCUT2D eigenvalue weighted by atomic mass is 16.6. The first-order valence-corrected chi connectivity index (χ1v) is 3.96. The summed E-state index contributed by atoms with van der Waals surface area (Å²) in [5.41, 5.74) is -1.77. The summed E-state index contributed by atoms with van der Waals surface area (Å²) in [6, 6.07) is -0.947. The Bertz CT molecular complexity index is 181. The van der Waals surface area contributed by atoms with Crippen LogP contribution in [-0.4, -0.2) is 21.7 Å². The van der Waals surface area contributed by atoms with Gasteiger partial charge in [0.1, 0.15) is 5.60 Å². The van der Waals surface area contributed by atoms with Gasteiger partial charge in [0.25, 0.3) is 0 Å². The van der Waals surface area contributed by atoms with Gasteiger partial charge in [-0.2, -0.15) is 0 Å². The predicted molar refractivity (Wildman–Crippen MR) is 46.5 cm³/mol. The molecule has 0 amide bonds. The molecule has 0 heterocycles. The normalized spacial score (nSPS) is 19.8. The maximum atomic E-state index is 10.4. The van der Waals surface area contributed by atoms with Gasteiger partial charge in [-0.3, -0.25) is 10.1 Å². The van der Waals surface area contributed by atoms with Crippen molar-refractivity contribution in [3.63, 3.8) is 0 Å². The molecule has 72 valence electrons. The highest BCUT2D eigenvalue weighted by molar-refractivity contribution is 4.90. The number of nitrogens with zero attached hydrogens (tertiary/aromatic N) is 1. The van der Waals surface area contributed by atoms with Crippen molar-refractivity contribution < 1.29 is 10.0 Å². The fraction of sp³-hybridized carbons (Fsp3) is 1.00. The monoisotopic (exact) mass is 175 g/mol. The Morgan fingerprint density at radius 3 is 1.75 bits per heavy atom. The first-order chi connectivity index (χ1) is 5.10. The largest absolute Gasteiger partial charge is 0.382 e. The van der Waals surface area contributed by atoms with Crippen molar-refractivity contribution in [1.82, 2.24) is 0 Å². The Labute approximate surface area is 72.7 Å².